The fourth-order valence-corrected chi connectivity index (χ4v) is 2.15. The van der Waals surface area contributed by atoms with Crippen LogP contribution in [-0.2, 0) is 14.3 Å². The molecular weight excluding hydrogens is 278 g/mol. The summed E-state index contributed by atoms with van der Waals surface area (Å²) in [6.07, 6.45) is -2.44. The summed E-state index contributed by atoms with van der Waals surface area (Å²) < 4.78 is 9.44. The maximum absolute atomic E-state index is 12.0. The van der Waals surface area contributed by atoms with Gasteiger partial charge in [0, 0.05) is 6.92 Å². The van der Waals surface area contributed by atoms with Crippen LogP contribution in [0.1, 0.15) is 6.92 Å². The van der Waals surface area contributed by atoms with E-state index in [1.54, 1.807) is 24.3 Å². The van der Waals surface area contributed by atoms with Crippen LogP contribution in [0.2, 0.25) is 0 Å². The van der Waals surface area contributed by atoms with E-state index in [1.807, 2.05) is 0 Å². The zero-order valence-electron chi connectivity index (χ0n) is 11.8. The number of nitrogens with zero attached hydrogens (tertiary/aromatic N) is 2. The summed E-state index contributed by atoms with van der Waals surface area (Å²) >= 11 is 0. The predicted octanol–water partition coefficient (Wildman–Crippen LogP) is 1.27. The van der Waals surface area contributed by atoms with Crippen molar-refractivity contribution in [2.45, 2.75) is 13.2 Å². The number of ether oxygens (including phenoxy) is 2. The zero-order chi connectivity index (χ0) is 15.6. The van der Waals surface area contributed by atoms with Crippen molar-refractivity contribution in [2.24, 2.45) is 0 Å². The molecule has 0 bridgehead atoms. The lowest BCUT2D eigenvalue weighted by atomic mass is 10.2. The number of rotatable bonds is 1. The van der Waals surface area contributed by atoms with Crippen LogP contribution in [-0.4, -0.2) is 38.6 Å². The highest BCUT2D eigenvalue weighted by Gasteiger charge is 2.44. The molecule has 0 atom stereocenters. The number of carbonyl (C=O) groups is 3. The van der Waals surface area contributed by atoms with Gasteiger partial charge in [0.1, 0.15) is 0 Å². The third-order valence-electron chi connectivity index (χ3n) is 2.96. The molecule has 1 heterocycles. The van der Waals surface area contributed by atoms with Crippen molar-refractivity contribution in [1.82, 2.24) is 5.32 Å². The molecule has 1 aromatic rings. The van der Waals surface area contributed by atoms with Crippen LogP contribution in [0.25, 0.3) is 0 Å². The molecule has 112 valence electrons. The number of amides is 3. The summed E-state index contributed by atoms with van der Waals surface area (Å²) in [6, 6.07) is 6.70. The SMILES string of the molecule is COC(=O)N1c2ccccc2N(C(=O)OC)C1NC(C)=O. The van der Waals surface area contributed by atoms with Crippen LogP contribution in [0.5, 0.6) is 0 Å². The monoisotopic (exact) mass is 293 g/mol. The highest BCUT2D eigenvalue weighted by molar-refractivity contribution is 6.05. The summed E-state index contributed by atoms with van der Waals surface area (Å²) in [4.78, 5) is 37.7. The first-order valence-electron chi connectivity index (χ1n) is 6.11. The lowest BCUT2D eigenvalue weighted by Gasteiger charge is -2.28. The van der Waals surface area contributed by atoms with Gasteiger partial charge < -0.3 is 14.8 Å². The van der Waals surface area contributed by atoms with E-state index in [0.717, 1.165) is 0 Å². The topological polar surface area (TPSA) is 88.2 Å². The van der Waals surface area contributed by atoms with Crippen molar-refractivity contribution >= 4 is 29.5 Å². The Hall–Kier alpha value is -2.77. The molecule has 2 rings (SSSR count). The molecule has 0 unspecified atom stereocenters. The average molecular weight is 293 g/mol. The van der Waals surface area contributed by atoms with Crippen molar-refractivity contribution in [3.05, 3.63) is 24.3 Å². The molecule has 0 aromatic heterocycles. The second-order valence-electron chi connectivity index (χ2n) is 4.24. The van der Waals surface area contributed by atoms with Gasteiger partial charge in [0.15, 0.2) is 6.29 Å². The molecule has 0 fully saturated rings. The summed E-state index contributed by atoms with van der Waals surface area (Å²) in [5.41, 5.74) is 0.877. The molecule has 1 N–H and O–H groups in total. The van der Waals surface area contributed by atoms with E-state index >= 15 is 0 Å². The quantitative estimate of drug-likeness (QED) is 0.842. The summed E-state index contributed by atoms with van der Waals surface area (Å²) in [6.45, 7) is 1.29. The minimum Gasteiger partial charge on any atom is -0.452 e. The van der Waals surface area contributed by atoms with Crippen LogP contribution in [0, 0.1) is 0 Å². The predicted molar refractivity (Wildman–Crippen MR) is 73.8 cm³/mol. The first kappa shape index (κ1) is 14.6. The fraction of sp³-hybridized carbons (Fsp3) is 0.308. The van der Waals surface area contributed by atoms with Crippen molar-refractivity contribution in [1.29, 1.82) is 0 Å². The molecular formula is C13H15N3O5. The number of nitrogens with one attached hydrogen (secondary N) is 1. The Balaban J connectivity index is 2.54. The number of benzene rings is 1. The van der Waals surface area contributed by atoms with Crippen LogP contribution in [0.3, 0.4) is 0 Å². The molecule has 21 heavy (non-hydrogen) atoms. The van der Waals surface area contributed by atoms with Gasteiger partial charge in [-0.15, -0.1) is 0 Å². The first-order valence-corrected chi connectivity index (χ1v) is 6.11. The van der Waals surface area contributed by atoms with E-state index in [-0.39, 0.29) is 0 Å². The van der Waals surface area contributed by atoms with Gasteiger partial charge in [0.2, 0.25) is 5.91 Å². The molecule has 8 heteroatoms. The van der Waals surface area contributed by atoms with Crippen LogP contribution in [0.15, 0.2) is 24.3 Å². The van der Waals surface area contributed by atoms with Crippen LogP contribution >= 0.6 is 0 Å². The second kappa shape index (κ2) is 5.70. The number of anilines is 2. The third-order valence-corrected chi connectivity index (χ3v) is 2.96. The number of carbonyl (C=O) groups excluding carboxylic acids is 3. The van der Waals surface area contributed by atoms with Crippen molar-refractivity contribution in [2.75, 3.05) is 24.0 Å². The number of hydrogen-bond acceptors (Lipinski definition) is 5. The molecule has 8 nitrogen and oxygen atoms in total. The Kier molecular flexibility index (Phi) is 3.97. The minimum atomic E-state index is -1.04. The fourth-order valence-electron chi connectivity index (χ4n) is 2.15. The molecule has 1 aromatic carbocycles. The molecule has 3 amide bonds. The smallest absolute Gasteiger partial charge is 0.417 e. The Morgan fingerprint density at radius 1 is 1.00 bits per heavy atom. The highest BCUT2D eigenvalue weighted by atomic mass is 16.6. The van der Waals surface area contributed by atoms with E-state index < -0.39 is 24.4 Å². The van der Waals surface area contributed by atoms with Crippen LogP contribution < -0.4 is 15.1 Å². The van der Waals surface area contributed by atoms with E-state index in [1.165, 1.54) is 30.9 Å². The number of para-hydroxylation sites is 2. The highest BCUT2D eigenvalue weighted by Crippen LogP contribution is 2.39. The summed E-state index contributed by atoms with van der Waals surface area (Å²) in [7, 11) is 2.44. The standard InChI is InChI=1S/C13H15N3O5/c1-8(17)14-11-15(12(18)20-2)9-6-4-5-7-10(9)16(11)13(19)21-3/h4-7,11H,1-3H3,(H,14,17). The van der Waals surface area contributed by atoms with Gasteiger partial charge in [0.05, 0.1) is 25.6 Å². The van der Waals surface area contributed by atoms with Crippen molar-refractivity contribution in [3.63, 3.8) is 0 Å². The van der Waals surface area contributed by atoms with Gasteiger partial charge in [0.25, 0.3) is 0 Å². The number of hydrogen-bond donors (Lipinski definition) is 1. The molecule has 0 spiro atoms. The van der Waals surface area contributed by atoms with Crippen molar-refractivity contribution in [3.8, 4) is 0 Å². The van der Waals surface area contributed by atoms with Crippen LogP contribution in [0.4, 0.5) is 21.0 Å². The van der Waals surface area contributed by atoms with Gasteiger partial charge in [-0.05, 0) is 12.1 Å². The lowest BCUT2D eigenvalue weighted by Crippen LogP contribution is -2.58. The maximum Gasteiger partial charge on any atom is 0.417 e. The van der Waals surface area contributed by atoms with Gasteiger partial charge in [-0.25, -0.2) is 19.4 Å². The number of methoxy groups -OCH3 is 2. The maximum atomic E-state index is 12.0. The third kappa shape index (κ3) is 2.47. The van der Waals surface area contributed by atoms with E-state index in [4.69, 9.17) is 9.47 Å². The Morgan fingerprint density at radius 2 is 1.43 bits per heavy atom. The summed E-state index contributed by atoms with van der Waals surface area (Å²) in [5.74, 6) is -0.407. The van der Waals surface area contributed by atoms with Gasteiger partial charge >= 0.3 is 12.2 Å². The normalized spacial score (nSPS) is 13.7. The molecule has 0 saturated carbocycles. The van der Waals surface area contributed by atoms with Gasteiger partial charge in [-0.1, -0.05) is 12.1 Å². The van der Waals surface area contributed by atoms with Gasteiger partial charge in [-0.3, -0.25) is 4.79 Å². The van der Waals surface area contributed by atoms with E-state index in [0.29, 0.717) is 11.4 Å². The molecule has 1 aliphatic rings. The Labute approximate surface area is 121 Å². The average Bonchev–Trinajstić information content (AvgIpc) is 2.78. The minimum absolute atomic E-state index is 0.407. The lowest BCUT2D eigenvalue weighted by molar-refractivity contribution is -0.119. The zero-order valence-corrected chi connectivity index (χ0v) is 11.8. The Bertz CT molecular complexity index is 546. The number of fused-ring (bicyclic) bond motifs is 1. The molecule has 0 radical (unpaired) electrons. The summed E-state index contributed by atoms with van der Waals surface area (Å²) in [5, 5.41) is 2.53. The molecule has 0 aliphatic carbocycles. The van der Waals surface area contributed by atoms with Gasteiger partial charge in [-0.2, -0.15) is 0 Å². The Morgan fingerprint density at radius 3 is 1.76 bits per heavy atom. The molecule has 0 saturated heterocycles. The second-order valence-corrected chi connectivity index (χ2v) is 4.24. The van der Waals surface area contributed by atoms with E-state index in [9.17, 15) is 14.4 Å². The molecule has 1 aliphatic heterocycles. The van der Waals surface area contributed by atoms with Crippen molar-refractivity contribution < 1.29 is 23.9 Å². The first-order chi connectivity index (χ1) is 10.0. The van der Waals surface area contributed by atoms with E-state index in [2.05, 4.69) is 5.32 Å². The largest absolute Gasteiger partial charge is 0.452 e.